The van der Waals surface area contributed by atoms with Crippen molar-refractivity contribution in [3.63, 3.8) is 0 Å². The van der Waals surface area contributed by atoms with E-state index in [1.165, 1.54) is 19.1 Å². The van der Waals surface area contributed by atoms with E-state index < -0.39 is 94.0 Å². The van der Waals surface area contributed by atoms with Crippen molar-refractivity contribution in [2.75, 3.05) is 27.8 Å². The van der Waals surface area contributed by atoms with Crippen LogP contribution in [0, 0.1) is 29.6 Å². The van der Waals surface area contributed by atoms with Gasteiger partial charge in [0.15, 0.2) is 5.78 Å². The summed E-state index contributed by atoms with van der Waals surface area (Å²) in [6.45, 7) is 10.9. The number of ether oxygens (including phenoxy) is 4. The standard InChI is InChI=1S/C53H82N4O14S/c1-32-15-11-10-12-16-33(2)43(56(7)72(65,66)41-30-55-69-31-41)29-40-21-18-37(6)53(64,71-40)50(61)51(62)57-24-14-13-17-42(57)52(63)70-45(34(3)26-38-19-22-44(58)46(28-38)67-8)23-20-39(54)27-36(5)48(60)49(68-9)47(59)35(4)25-32/h10-12,15-16,27,30-32,34-35,37-40,42-46,48-49,58,60,64H,13-14,17-26,28-29,54H2,1-9H3/b12-10+,15-11+,33-16+,36-27+/t32-,34-,35?,37?,38?,39+,40+,42?,43-,44-,45+,46?,48?,49+,53?/m1/s1. The maximum atomic E-state index is 14.5. The number of carbonyl (C=O) groups excluding carboxylic acids is 4. The van der Waals surface area contributed by atoms with Crippen molar-refractivity contribution in [3.8, 4) is 0 Å². The van der Waals surface area contributed by atoms with Gasteiger partial charge in [-0.1, -0.05) is 74.9 Å². The smallest absolute Gasteiger partial charge is 0.329 e. The first-order valence-corrected chi connectivity index (χ1v) is 27.2. The van der Waals surface area contributed by atoms with E-state index in [0.29, 0.717) is 68.9 Å². The Morgan fingerprint density at radius 2 is 1.67 bits per heavy atom. The number of nitrogens with two attached hydrogens (primary N) is 1. The average Bonchev–Trinajstić information content (AvgIpc) is 3.91. The fourth-order valence-corrected chi connectivity index (χ4v) is 12.2. The second kappa shape index (κ2) is 26.5. The first-order chi connectivity index (χ1) is 34.0. The van der Waals surface area contributed by atoms with Gasteiger partial charge in [0.05, 0.1) is 24.5 Å². The highest BCUT2D eigenvalue weighted by Gasteiger charge is 2.53. The summed E-state index contributed by atoms with van der Waals surface area (Å²) in [7, 11) is 0.198. The molecule has 0 spiro atoms. The molecule has 19 heteroatoms. The number of ketones is 2. The molecule has 72 heavy (non-hydrogen) atoms. The zero-order valence-corrected chi connectivity index (χ0v) is 44.6. The number of carbonyl (C=O) groups is 4. The molecule has 4 heterocycles. The van der Waals surface area contributed by atoms with Crippen LogP contribution >= 0.6 is 0 Å². The van der Waals surface area contributed by atoms with Gasteiger partial charge >= 0.3 is 5.97 Å². The third-order valence-corrected chi connectivity index (χ3v) is 17.4. The Kier molecular flexibility index (Phi) is 21.7. The van der Waals surface area contributed by atoms with Gasteiger partial charge in [-0.25, -0.2) is 13.2 Å². The number of piperidine rings is 1. The molecule has 1 aromatic rings. The number of Topliss-reactive ketones (excluding diaryl/α,β-unsaturated/α-hetero) is 2. The molecule has 2 saturated heterocycles. The fourth-order valence-electron chi connectivity index (χ4n) is 10.9. The third kappa shape index (κ3) is 14.7. The minimum Gasteiger partial charge on any atom is -0.461 e. The quantitative estimate of drug-likeness (QED) is 0.145. The first-order valence-electron chi connectivity index (χ1n) is 25.8. The number of rotatable bonds is 8. The van der Waals surface area contributed by atoms with Crippen molar-refractivity contribution in [1.29, 1.82) is 0 Å². The maximum absolute atomic E-state index is 14.5. The Labute approximate surface area is 426 Å². The summed E-state index contributed by atoms with van der Waals surface area (Å²) >= 11 is 0. The number of amides is 1. The van der Waals surface area contributed by atoms with Crippen LogP contribution in [0.15, 0.2) is 69.5 Å². The van der Waals surface area contributed by atoms with Crippen LogP contribution < -0.4 is 5.73 Å². The zero-order chi connectivity index (χ0) is 53.1. The van der Waals surface area contributed by atoms with Gasteiger partial charge in [0, 0.05) is 51.7 Å². The summed E-state index contributed by atoms with van der Waals surface area (Å²) in [5.41, 5.74) is 7.73. The molecule has 0 radical (unpaired) electrons. The number of esters is 1. The number of methoxy groups -OCH3 is 2. The van der Waals surface area contributed by atoms with Crippen LogP contribution in [0.25, 0.3) is 0 Å². The number of aromatic nitrogens is 1. The predicted octanol–water partition coefficient (Wildman–Crippen LogP) is 5.36. The number of likely N-dealkylation sites (N-methyl/N-ethyl adjacent to an activating group) is 1. The number of aliphatic hydroxyl groups excluding tert-OH is 2. The molecule has 3 fully saturated rings. The molecular formula is C53H82N4O14S. The summed E-state index contributed by atoms with van der Waals surface area (Å²) < 4.78 is 57.6. The van der Waals surface area contributed by atoms with Gasteiger partial charge in [0.2, 0.25) is 15.8 Å². The Morgan fingerprint density at radius 1 is 0.931 bits per heavy atom. The number of nitrogens with zero attached hydrogens (tertiary/aromatic N) is 3. The lowest BCUT2D eigenvalue weighted by atomic mass is 9.78. The van der Waals surface area contributed by atoms with E-state index in [-0.39, 0.29) is 60.3 Å². The molecular weight excluding hydrogens is 949 g/mol. The van der Waals surface area contributed by atoms with E-state index in [1.807, 2.05) is 26.0 Å². The summed E-state index contributed by atoms with van der Waals surface area (Å²) in [6, 6.07) is -2.62. The molecule has 15 atom stereocenters. The number of hydrogen-bond acceptors (Lipinski definition) is 16. The van der Waals surface area contributed by atoms with Gasteiger partial charge in [-0.3, -0.25) is 14.4 Å². The molecule has 1 saturated carbocycles. The molecule has 2 bridgehead atoms. The van der Waals surface area contributed by atoms with Gasteiger partial charge in [-0.05, 0) is 121 Å². The fraction of sp³-hybridized carbons (Fsp3) is 0.717. The lowest BCUT2D eigenvalue weighted by Gasteiger charge is -2.43. The average molecular weight is 1030 g/mol. The first kappa shape index (κ1) is 59.0. The number of cyclic esters (lactones) is 1. The summed E-state index contributed by atoms with van der Waals surface area (Å²) in [4.78, 5) is 58.2. The van der Waals surface area contributed by atoms with Crippen molar-refractivity contribution in [3.05, 3.63) is 60.1 Å². The highest BCUT2D eigenvalue weighted by Crippen LogP contribution is 2.38. The zero-order valence-electron chi connectivity index (χ0n) is 43.8. The van der Waals surface area contributed by atoms with E-state index in [1.54, 1.807) is 59.1 Å². The van der Waals surface area contributed by atoms with Crippen LogP contribution in [-0.4, -0.2) is 150 Å². The molecule has 3 aliphatic heterocycles. The van der Waals surface area contributed by atoms with Crippen molar-refractivity contribution in [2.24, 2.45) is 35.3 Å². The maximum Gasteiger partial charge on any atom is 0.329 e. The van der Waals surface area contributed by atoms with E-state index in [0.717, 1.165) is 23.2 Å². The largest absolute Gasteiger partial charge is 0.461 e. The molecule has 5 N–H and O–H groups in total. The Morgan fingerprint density at radius 3 is 2.35 bits per heavy atom. The lowest BCUT2D eigenvalue weighted by molar-refractivity contribution is -0.264. The highest BCUT2D eigenvalue weighted by molar-refractivity contribution is 7.89. The minimum atomic E-state index is -4.17. The molecule has 1 amide bonds. The van der Waals surface area contributed by atoms with Crippen molar-refractivity contribution in [1.82, 2.24) is 14.4 Å². The Balaban J connectivity index is 1.51. The molecule has 0 aromatic carbocycles. The number of aliphatic hydroxyl groups is 3. The second-order valence-electron chi connectivity index (χ2n) is 21.0. The highest BCUT2D eigenvalue weighted by atomic mass is 32.2. The third-order valence-electron chi connectivity index (χ3n) is 15.6. The number of sulfonamides is 1. The number of fused-ring (bicyclic) bond motifs is 3. The van der Waals surface area contributed by atoms with E-state index in [2.05, 4.69) is 5.16 Å². The Bertz CT molecular complexity index is 2210. The van der Waals surface area contributed by atoms with E-state index >= 15 is 0 Å². The number of hydrogen-bond donors (Lipinski definition) is 4. The van der Waals surface area contributed by atoms with Gasteiger partial charge in [0.25, 0.3) is 11.7 Å². The number of allylic oxidation sites excluding steroid dienone is 5. The van der Waals surface area contributed by atoms with E-state index in [9.17, 15) is 42.9 Å². The van der Waals surface area contributed by atoms with Crippen LogP contribution in [0.2, 0.25) is 0 Å². The molecule has 404 valence electrons. The molecule has 1 aromatic heterocycles. The normalized spacial score (nSPS) is 37.9. The van der Waals surface area contributed by atoms with Crippen molar-refractivity contribution in [2.45, 2.75) is 190 Å². The van der Waals surface area contributed by atoms with Crippen molar-refractivity contribution < 1.29 is 66.4 Å². The van der Waals surface area contributed by atoms with Gasteiger partial charge < -0.3 is 49.4 Å². The van der Waals surface area contributed by atoms with Crippen LogP contribution in [0.1, 0.15) is 125 Å². The molecule has 5 rings (SSSR count). The summed E-state index contributed by atoms with van der Waals surface area (Å²) in [6.07, 6.45) is 13.5. The van der Waals surface area contributed by atoms with Gasteiger partial charge in [-0.15, -0.1) is 0 Å². The second-order valence-corrected chi connectivity index (χ2v) is 23.0. The topological polar surface area (TPSA) is 259 Å². The van der Waals surface area contributed by atoms with Gasteiger partial charge in [-0.2, -0.15) is 4.31 Å². The Hall–Kier alpha value is -3.92. The van der Waals surface area contributed by atoms with Crippen LogP contribution in [0.4, 0.5) is 0 Å². The van der Waals surface area contributed by atoms with Gasteiger partial charge in [0.1, 0.15) is 35.5 Å². The lowest BCUT2D eigenvalue weighted by Crippen LogP contribution is -2.61. The summed E-state index contributed by atoms with van der Waals surface area (Å²) in [5.74, 6) is -7.26. The predicted molar refractivity (Wildman–Crippen MR) is 268 cm³/mol. The van der Waals surface area contributed by atoms with E-state index in [4.69, 9.17) is 29.2 Å². The molecule has 18 nitrogen and oxygen atoms in total. The molecule has 4 aliphatic rings. The summed E-state index contributed by atoms with van der Waals surface area (Å²) in [5, 5.41) is 37.8. The van der Waals surface area contributed by atoms with Crippen molar-refractivity contribution >= 4 is 33.5 Å². The SMILES string of the molecule is COC1CC(C[C@@H](C)[C@@H]2CC[C@H](N)/C=C(\C)C(O)[C@@H](OC)C(=O)C(C)C[C@H](C)/C=C/C=C/C=C(\C)[C@H](N(C)S(=O)(=O)c3cnoc3)C[C@@H]3CCC(C)C(O)(O3)C(=O)C(=O)N3CCCCC3C(=O)O2)CC[C@H]1O. The molecule has 1 aliphatic carbocycles. The molecule has 7 unspecified atom stereocenters. The van der Waals surface area contributed by atoms with Crippen LogP contribution in [-0.2, 0) is 48.1 Å². The van der Waals surface area contributed by atoms with Crippen LogP contribution in [0.3, 0.4) is 0 Å². The minimum absolute atomic E-state index is 0.00581. The monoisotopic (exact) mass is 1030 g/mol. The van der Waals surface area contributed by atoms with Crippen LogP contribution in [0.5, 0.6) is 0 Å².